The molecule has 1 aromatic rings. The Kier molecular flexibility index (Phi) is 4.85. The molecule has 1 atom stereocenters. The van der Waals surface area contributed by atoms with E-state index in [9.17, 15) is 0 Å². The van der Waals surface area contributed by atoms with Crippen LogP contribution in [0.1, 0.15) is 6.92 Å². The standard InChI is InChI=1S/C7H15N5OS/c1-6(5-13)8-3-4-14-7-9-10-11-12(7)2/h6,8,13H,3-5H2,1-2H3/t6-/m1/s1. The summed E-state index contributed by atoms with van der Waals surface area (Å²) in [7, 11) is 1.81. The SMILES string of the molecule is C[C@H](CO)NCCSc1nnnn1C. The van der Waals surface area contributed by atoms with Gasteiger partial charge >= 0.3 is 0 Å². The van der Waals surface area contributed by atoms with Crippen LogP contribution in [0.4, 0.5) is 0 Å². The van der Waals surface area contributed by atoms with Crippen LogP contribution >= 0.6 is 11.8 Å². The first-order chi connectivity index (χ1) is 6.74. The molecule has 0 aromatic carbocycles. The lowest BCUT2D eigenvalue weighted by atomic mass is 10.4. The highest BCUT2D eigenvalue weighted by molar-refractivity contribution is 7.99. The zero-order valence-electron chi connectivity index (χ0n) is 8.34. The summed E-state index contributed by atoms with van der Waals surface area (Å²) in [6.45, 7) is 2.93. The van der Waals surface area contributed by atoms with Crippen molar-refractivity contribution in [2.75, 3.05) is 18.9 Å². The van der Waals surface area contributed by atoms with Crippen molar-refractivity contribution in [1.29, 1.82) is 0 Å². The summed E-state index contributed by atoms with van der Waals surface area (Å²) in [6, 6.07) is 0.147. The van der Waals surface area contributed by atoms with E-state index < -0.39 is 0 Å². The van der Waals surface area contributed by atoms with Gasteiger partial charge in [-0.15, -0.1) is 5.10 Å². The Morgan fingerprint density at radius 3 is 3.00 bits per heavy atom. The zero-order chi connectivity index (χ0) is 10.4. The van der Waals surface area contributed by atoms with Gasteiger partial charge in [-0.25, -0.2) is 4.68 Å². The van der Waals surface area contributed by atoms with Crippen LogP contribution < -0.4 is 5.32 Å². The van der Waals surface area contributed by atoms with E-state index in [2.05, 4.69) is 20.8 Å². The maximum atomic E-state index is 8.76. The maximum Gasteiger partial charge on any atom is 0.209 e. The highest BCUT2D eigenvalue weighted by Gasteiger charge is 2.02. The lowest BCUT2D eigenvalue weighted by Crippen LogP contribution is -2.31. The highest BCUT2D eigenvalue weighted by atomic mass is 32.2. The first kappa shape index (κ1) is 11.4. The number of thioether (sulfide) groups is 1. The summed E-state index contributed by atoms with van der Waals surface area (Å²) < 4.78 is 1.64. The number of rotatable bonds is 6. The number of nitrogens with one attached hydrogen (secondary N) is 1. The molecule has 0 bridgehead atoms. The molecule has 0 saturated heterocycles. The maximum absolute atomic E-state index is 8.76. The predicted octanol–water partition coefficient (Wildman–Crippen LogP) is -0.727. The molecule has 0 unspecified atom stereocenters. The second-order valence-corrected chi connectivity index (χ2v) is 4.03. The monoisotopic (exact) mass is 217 g/mol. The Hall–Kier alpha value is -0.660. The van der Waals surface area contributed by atoms with Crippen LogP contribution in [0.3, 0.4) is 0 Å². The summed E-state index contributed by atoms with van der Waals surface area (Å²) in [6.07, 6.45) is 0. The summed E-state index contributed by atoms with van der Waals surface area (Å²) in [5.74, 6) is 0.887. The molecule has 0 radical (unpaired) electrons. The Bertz CT molecular complexity index is 266. The molecule has 0 aliphatic heterocycles. The molecule has 1 rings (SSSR count). The number of aromatic nitrogens is 4. The van der Waals surface area contributed by atoms with Gasteiger partial charge in [0.05, 0.1) is 6.61 Å². The first-order valence-corrected chi connectivity index (χ1v) is 5.42. The number of aryl methyl sites for hydroxylation is 1. The summed E-state index contributed by atoms with van der Waals surface area (Å²) in [5, 5.41) is 23.8. The average molecular weight is 217 g/mol. The smallest absolute Gasteiger partial charge is 0.209 e. The lowest BCUT2D eigenvalue weighted by molar-refractivity contribution is 0.254. The largest absolute Gasteiger partial charge is 0.395 e. The van der Waals surface area contributed by atoms with Crippen molar-refractivity contribution in [3.8, 4) is 0 Å². The van der Waals surface area contributed by atoms with Gasteiger partial charge in [0.15, 0.2) is 0 Å². The summed E-state index contributed by atoms with van der Waals surface area (Å²) in [4.78, 5) is 0. The van der Waals surface area contributed by atoms with Crippen molar-refractivity contribution < 1.29 is 5.11 Å². The van der Waals surface area contributed by atoms with E-state index in [1.807, 2.05) is 14.0 Å². The fourth-order valence-corrected chi connectivity index (χ4v) is 1.58. The van der Waals surface area contributed by atoms with E-state index >= 15 is 0 Å². The van der Waals surface area contributed by atoms with Gasteiger partial charge in [-0.05, 0) is 17.4 Å². The van der Waals surface area contributed by atoms with Gasteiger partial charge in [0, 0.05) is 25.4 Å². The molecule has 6 nitrogen and oxygen atoms in total. The van der Waals surface area contributed by atoms with Crippen LogP contribution in [0, 0.1) is 0 Å². The number of aliphatic hydroxyl groups excluding tert-OH is 1. The Morgan fingerprint density at radius 1 is 1.64 bits per heavy atom. The first-order valence-electron chi connectivity index (χ1n) is 4.43. The minimum Gasteiger partial charge on any atom is -0.395 e. The number of hydrogen-bond acceptors (Lipinski definition) is 6. The second-order valence-electron chi connectivity index (χ2n) is 2.97. The average Bonchev–Trinajstić information content (AvgIpc) is 2.58. The second kappa shape index (κ2) is 5.94. The van der Waals surface area contributed by atoms with E-state index in [1.165, 1.54) is 0 Å². The number of tetrazole rings is 1. The van der Waals surface area contributed by atoms with Gasteiger partial charge < -0.3 is 10.4 Å². The molecule has 1 heterocycles. The van der Waals surface area contributed by atoms with Gasteiger partial charge in [-0.3, -0.25) is 0 Å². The van der Waals surface area contributed by atoms with Crippen LogP contribution in [0.15, 0.2) is 5.16 Å². The Balaban J connectivity index is 2.13. The van der Waals surface area contributed by atoms with Crippen molar-refractivity contribution in [3.63, 3.8) is 0 Å². The molecular weight excluding hydrogens is 202 g/mol. The summed E-state index contributed by atoms with van der Waals surface area (Å²) in [5.41, 5.74) is 0. The Labute approximate surface area is 87.1 Å². The van der Waals surface area contributed by atoms with Crippen LogP contribution in [0.5, 0.6) is 0 Å². The molecule has 80 valence electrons. The minimum absolute atomic E-state index is 0.147. The van der Waals surface area contributed by atoms with Gasteiger partial charge in [0.25, 0.3) is 0 Å². The number of aliphatic hydroxyl groups is 1. The third-order valence-electron chi connectivity index (χ3n) is 1.68. The fraction of sp³-hybridized carbons (Fsp3) is 0.857. The van der Waals surface area contributed by atoms with E-state index in [4.69, 9.17) is 5.11 Å². The van der Waals surface area contributed by atoms with Gasteiger partial charge in [0.1, 0.15) is 0 Å². The van der Waals surface area contributed by atoms with Crippen molar-refractivity contribution in [2.24, 2.45) is 7.05 Å². The van der Waals surface area contributed by atoms with Crippen LogP contribution in [-0.4, -0.2) is 50.3 Å². The van der Waals surface area contributed by atoms with Gasteiger partial charge in [-0.1, -0.05) is 11.8 Å². The van der Waals surface area contributed by atoms with Crippen molar-refractivity contribution >= 4 is 11.8 Å². The molecule has 0 saturated carbocycles. The van der Waals surface area contributed by atoms with Crippen molar-refractivity contribution in [2.45, 2.75) is 18.1 Å². The predicted molar refractivity (Wildman–Crippen MR) is 54.1 cm³/mol. The van der Waals surface area contributed by atoms with E-state index in [0.29, 0.717) is 0 Å². The molecule has 0 spiro atoms. The van der Waals surface area contributed by atoms with Crippen LogP contribution in [0.25, 0.3) is 0 Å². The van der Waals surface area contributed by atoms with Crippen molar-refractivity contribution in [3.05, 3.63) is 0 Å². The molecule has 0 aliphatic rings. The molecule has 1 aromatic heterocycles. The molecule has 2 N–H and O–H groups in total. The summed E-state index contributed by atoms with van der Waals surface area (Å²) >= 11 is 1.59. The quantitative estimate of drug-likeness (QED) is 0.483. The van der Waals surface area contributed by atoms with E-state index in [-0.39, 0.29) is 12.6 Å². The van der Waals surface area contributed by atoms with E-state index in [1.54, 1.807) is 16.4 Å². The fourth-order valence-electron chi connectivity index (χ4n) is 0.856. The Morgan fingerprint density at radius 2 is 2.43 bits per heavy atom. The molecular formula is C7H15N5OS. The minimum atomic E-state index is 0.147. The van der Waals surface area contributed by atoms with E-state index in [0.717, 1.165) is 17.5 Å². The molecule has 0 fully saturated rings. The number of hydrogen-bond donors (Lipinski definition) is 2. The molecule has 0 aliphatic carbocycles. The molecule has 7 heteroatoms. The normalized spacial score (nSPS) is 13.1. The third-order valence-corrected chi connectivity index (χ3v) is 2.69. The zero-order valence-corrected chi connectivity index (χ0v) is 9.16. The molecule has 14 heavy (non-hydrogen) atoms. The third kappa shape index (κ3) is 3.60. The van der Waals surface area contributed by atoms with Crippen LogP contribution in [0.2, 0.25) is 0 Å². The number of nitrogens with zero attached hydrogens (tertiary/aromatic N) is 4. The van der Waals surface area contributed by atoms with Crippen LogP contribution in [-0.2, 0) is 7.05 Å². The van der Waals surface area contributed by atoms with Crippen molar-refractivity contribution in [1.82, 2.24) is 25.5 Å². The van der Waals surface area contributed by atoms with Gasteiger partial charge in [-0.2, -0.15) is 0 Å². The lowest BCUT2D eigenvalue weighted by Gasteiger charge is -2.09. The van der Waals surface area contributed by atoms with Gasteiger partial charge in [0.2, 0.25) is 5.16 Å². The highest BCUT2D eigenvalue weighted by Crippen LogP contribution is 2.10. The topological polar surface area (TPSA) is 75.9 Å². The molecule has 0 amide bonds.